The molecule has 1 aliphatic heterocycles. The molecule has 4 heteroatoms. The summed E-state index contributed by atoms with van der Waals surface area (Å²) in [6.45, 7) is 4.37. The van der Waals surface area contributed by atoms with E-state index in [9.17, 15) is 0 Å². The zero-order valence-corrected chi connectivity index (χ0v) is 11.4. The summed E-state index contributed by atoms with van der Waals surface area (Å²) in [6, 6.07) is 5.94. The van der Waals surface area contributed by atoms with E-state index >= 15 is 0 Å². The number of nitrogens with one attached hydrogen (secondary N) is 1. The van der Waals surface area contributed by atoms with Crippen molar-refractivity contribution in [3.63, 3.8) is 0 Å². The Morgan fingerprint density at radius 1 is 1.39 bits per heavy atom. The van der Waals surface area contributed by atoms with Crippen molar-refractivity contribution in [1.29, 1.82) is 0 Å². The van der Waals surface area contributed by atoms with Crippen LogP contribution in [0.15, 0.2) is 18.2 Å². The predicted octanol–water partition coefficient (Wildman–Crippen LogP) is 1.52. The van der Waals surface area contributed by atoms with Crippen molar-refractivity contribution in [3.8, 4) is 5.88 Å². The molecular formula is C14H23N3O. The summed E-state index contributed by atoms with van der Waals surface area (Å²) in [7, 11) is 3.83. The van der Waals surface area contributed by atoms with E-state index < -0.39 is 0 Å². The van der Waals surface area contributed by atoms with Crippen LogP contribution in [0.2, 0.25) is 0 Å². The molecule has 1 aromatic rings. The first-order chi connectivity index (χ1) is 8.78. The highest BCUT2D eigenvalue weighted by atomic mass is 16.5. The Hall–Kier alpha value is -1.13. The molecule has 1 aromatic heterocycles. The Morgan fingerprint density at radius 3 is 2.89 bits per heavy atom. The molecule has 0 unspecified atom stereocenters. The highest BCUT2D eigenvalue weighted by molar-refractivity contribution is 5.15. The molecule has 0 aliphatic carbocycles. The van der Waals surface area contributed by atoms with Crippen molar-refractivity contribution >= 4 is 0 Å². The number of hydrogen-bond donors (Lipinski definition) is 1. The molecule has 0 saturated carbocycles. The minimum Gasteiger partial charge on any atom is -0.481 e. The number of rotatable bonds is 5. The normalized spacial score (nSPS) is 17.1. The van der Waals surface area contributed by atoms with Gasteiger partial charge in [0.25, 0.3) is 0 Å². The summed E-state index contributed by atoms with van der Waals surface area (Å²) in [5.41, 5.74) is 1.07. The van der Waals surface area contributed by atoms with Crippen LogP contribution in [0.25, 0.3) is 0 Å². The van der Waals surface area contributed by atoms with Gasteiger partial charge in [-0.15, -0.1) is 0 Å². The fourth-order valence-corrected chi connectivity index (χ4v) is 2.51. The topological polar surface area (TPSA) is 37.4 Å². The smallest absolute Gasteiger partial charge is 0.213 e. The number of hydrogen-bond acceptors (Lipinski definition) is 4. The summed E-state index contributed by atoms with van der Waals surface area (Å²) < 4.78 is 5.15. The molecule has 0 spiro atoms. The quantitative estimate of drug-likeness (QED) is 0.858. The standard InChI is InChI=1S/C14H23N3O/c1-17(10-12-6-8-15-9-7-12)11-13-4-3-5-14(16-13)18-2/h3-5,12,15H,6-11H2,1-2H3. The van der Waals surface area contributed by atoms with Gasteiger partial charge < -0.3 is 15.0 Å². The number of pyridine rings is 1. The lowest BCUT2D eigenvalue weighted by atomic mass is 9.98. The summed E-state index contributed by atoms with van der Waals surface area (Å²) in [5.74, 6) is 1.52. The van der Waals surface area contributed by atoms with Gasteiger partial charge >= 0.3 is 0 Å². The second-order valence-electron chi connectivity index (χ2n) is 5.06. The number of methoxy groups -OCH3 is 1. The summed E-state index contributed by atoms with van der Waals surface area (Å²) >= 11 is 0. The molecule has 0 radical (unpaired) electrons. The van der Waals surface area contributed by atoms with Crippen LogP contribution in [0.5, 0.6) is 5.88 Å². The van der Waals surface area contributed by atoms with Gasteiger partial charge in [0.05, 0.1) is 12.8 Å². The maximum Gasteiger partial charge on any atom is 0.213 e. The van der Waals surface area contributed by atoms with Crippen molar-refractivity contribution in [3.05, 3.63) is 23.9 Å². The molecule has 0 bridgehead atoms. The van der Waals surface area contributed by atoms with Crippen LogP contribution in [-0.4, -0.2) is 43.7 Å². The average molecular weight is 249 g/mol. The van der Waals surface area contributed by atoms with Crippen molar-refractivity contribution in [2.24, 2.45) is 5.92 Å². The molecule has 1 aliphatic rings. The van der Waals surface area contributed by atoms with Crippen LogP contribution >= 0.6 is 0 Å². The molecule has 18 heavy (non-hydrogen) atoms. The summed E-state index contributed by atoms with van der Waals surface area (Å²) in [4.78, 5) is 6.81. The number of piperidine rings is 1. The molecule has 2 heterocycles. The van der Waals surface area contributed by atoms with Crippen LogP contribution in [0, 0.1) is 5.92 Å². The Kier molecular flexibility index (Phi) is 4.96. The molecule has 0 aromatic carbocycles. The van der Waals surface area contributed by atoms with Gasteiger partial charge in [-0.05, 0) is 45.0 Å². The van der Waals surface area contributed by atoms with E-state index in [1.165, 1.54) is 12.8 Å². The molecule has 0 amide bonds. The monoisotopic (exact) mass is 249 g/mol. The highest BCUT2D eigenvalue weighted by Gasteiger charge is 2.15. The molecule has 1 saturated heterocycles. The van der Waals surface area contributed by atoms with Gasteiger partial charge in [0.1, 0.15) is 0 Å². The maximum atomic E-state index is 5.15. The van der Waals surface area contributed by atoms with Gasteiger partial charge in [-0.1, -0.05) is 6.07 Å². The minimum atomic E-state index is 0.697. The third-order valence-corrected chi connectivity index (χ3v) is 3.45. The molecule has 1 fully saturated rings. The van der Waals surface area contributed by atoms with Crippen molar-refractivity contribution < 1.29 is 4.74 Å². The van der Waals surface area contributed by atoms with Crippen LogP contribution in [-0.2, 0) is 6.54 Å². The van der Waals surface area contributed by atoms with E-state index in [0.717, 1.165) is 37.8 Å². The largest absolute Gasteiger partial charge is 0.481 e. The van der Waals surface area contributed by atoms with Crippen molar-refractivity contribution in [1.82, 2.24) is 15.2 Å². The first-order valence-corrected chi connectivity index (χ1v) is 6.67. The second kappa shape index (κ2) is 6.71. The van der Waals surface area contributed by atoms with E-state index in [0.29, 0.717) is 5.88 Å². The third kappa shape index (κ3) is 3.96. The lowest BCUT2D eigenvalue weighted by Gasteiger charge is -2.27. The Bertz CT molecular complexity index is 364. The number of nitrogens with zero attached hydrogens (tertiary/aromatic N) is 2. The number of ether oxygens (including phenoxy) is 1. The van der Waals surface area contributed by atoms with Crippen LogP contribution in [0.4, 0.5) is 0 Å². The first-order valence-electron chi connectivity index (χ1n) is 6.67. The fourth-order valence-electron chi connectivity index (χ4n) is 2.51. The average Bonchev–Trinajstić information content (AvgIpc) is 2.40. The highest BCUT2D eigenvalue weighted by Crippen LogP contribution is 2.14. The maximum absolute atomic E-state index is 5.15. The van der Waals surface area contributed by atoms with Gasteiger partial charge in [-0.3, -0.25) is 0 Å². The Balaban J connectivity index is 1.83. The molecule has 4 nitrogen and oxygen atoms in total. The van der Waals surface area contributed by atoms with Gasteiger partial charge in [0, 0.05) is 19.2 Å². The zero-order valence-electron chi connectivity index (χ0n) is 11.4. The Labute approximate surface area is 109 Å². The minimum absolute atomic E-state index is 0.697. The number of aromatic nitrogens is 1. The molecule has 0 atom stereocenters. The first kappa shape index (κ1) is 13.3. The van der Waals surface area contributed by atoms with Crippen molar-refractivity contribution in [2.45, 2.75) is 19.4 Å². The predicted molar refractivity (Wildman–Crippen MR) is 72.7 cm³/mol. The van der Waals surface area contributed by atoms with Crippen molar-refractivity contribution in [2.75, 3.05) is 33.8 Å². The van der Waals surface area contributed by atoms with E-state index in [2.05, 4.69) is 28.3 Å². The van der Waals surface area contributed by atoms with Gasteiger partial charge in [-0.2, -0.15) is 0 Å². The molecule has 100 valence electrons. The lowest BCUT2D eigenvalue weighted by molar-refractivity contribution is 0.232. The Morgan fingerprint density at radius 2 is 2.17 bits per heavy atom. The van der Waals surface area contributed by atoms with Crippen LogP contribution in [0.3, 0.4) is 0 Å². The molecule has 1 N–H and O–H groups in total. The fraction of sp³-hybridized carbons (Fsp3) is 0.643. The van der Waals surface area contributed by atoms with E-state index in [1.54, 1.807) is 7.11 Å². The van der Waals surface area contributed by atoms with Crippen LogP contribution < -0.4 is 10.1 Å². The molecule has 2 rings (SSSR count). The zero-order chi connectivity index (χ0) is 12.8. The summed E-state index contributed by atoms with van der Waals surface area (Å²) in [6.07, 6.45) is 2.58. The third-order valence-electron chi connectivity index (χ3n) is 3.45. The van der Waals surface area contributed by atoms with Gasteiger partial charge in [-0.25, -0.2) is 4.98 Å². The van der Waals surface area contributed by atoms with E-state index in [1.807, 2.05) is 12.1 Å². The van der Waals surface area contributed by atoms with E-state index in [4.69, 9.17) is 4.74 Å². The SMILES string of the molecule is COc1cccc(CN(C)CC2CCNCC2)n1. The second-order valence-corrected chi connectivity index (χ2v) is 5.06. The van der Waals surface area contributed by atoms with Gasteiger partial charge in [0.15, 0.2) is 0 Å². The van der Waals surface area contributed by atoms with E-state index in [-0.39, 0.29) is 0 Å². The lowest BCUT2D eigenvalue weighted by Crippen LogP contribution is -2.34. The summed E-state index contributed by atoms with van der Waals surface area (Å²) in [5, 5.41) is 3.41. The van der Waals surface area contributed by atoms with Gasteiger partial charge in [0.2, 0.25) is 5.88 Å². The van der Waals surface area contributed by atoms with Crippen LogP contribution in [0.1, 0.15) is 18.5 Å². The molecular weight excluding hydrogens is 226 g/mol.